The number of nitrogens with one attached hydrogen (secondary N) is 3. The lowest BCUT2D eigenvalue weighted by Gasteiger charge is -2.15. The predicted octanol–water partition coefficient (Wildman–Crippen LogP) is 3.44. The summed E-state index contributed by atoms with van der Waals surface area (Å²) in [6.07, 6.45) is 7.04. The Morgan fingerprint density at radius 1 is 0.875 bits per heavy atom. The number of likely N-dealkylation sites (N-methyl/N-ethyl adjacent to an activating group) is 1. The second-order valence-electron chi connectivity index (χ2n) is 7.30. The first-order valence-corrected chi connectivity index (χ1v) is 10.3. The van der Waals surface area contributed by atoms with E-state index < -0.39 is 0 Å². The molecule has 0 fully saturated rings. The van der Waals surface area contributed by atoms with Gasteiger partial charge in [0.2, 0.25) is 0 Å². The third-order valence-corrected chi connectivity index (χ3v) is 5.06. The van der Waals surface area contributed by atoms with Crippen molar-refractivity contribution in [2.75, 3.05) is 37.3 Å². The molecule has 4 aromatic heterocycles. The van der Waals surface area contributed by atoms with E-state index in [-0.39, 0.29) is 19.4 Å². The van der Waals surface area contributed by atoms with Crippen molar-refractivity contribution in [2.24, 2.45) is 0 Å². The third kappa shape index (κ3) is 5.68. The van der Waals surface area contributed by atoms with Gasteiger partial charge in [0.1, 0.15) is 18.0 Å². The fraction of sp³-hybridized carbons (Fsp3) is 0.261. The molecule has 0 spiro atoms. The standard InChI is InChI=1S/C23H26N8.H2S/c1-16(18-7-9-25-19-4-3-8-27-23(18)19)13-28-22-12-20(30-15-31-22)17-5-6-21(29-14-17)26-11-10-24-2;/h3-9,12,14-16,24H,10-11,13H2,1-2H3,(H,26,29)(H,28,30,31);1H2/t16-;/m1./s1. The van der Waals surface area contributed by atoms with E-state index in [2.05, 4.69) is 47.8 Å². The highest BCUT2D eigenvalue weighted by atomic mass is 32.1. The van der Waals surface area contributed by atoms with Gasteiger partial charge in [0.05, 0.1) is 16.7 Å². The van der Waals surface area contributed by atoms with Crippen LogP contribution in [0.1, 0.15) is 18.4 Å². The summed E-state index contributed by atoms with van der Waals surface area (Å²) in [6, 6.07) is 11.8. The molecule has 0 unspecified atom stereocenters. The van der Waals surface area contributed by atoms with E-state index in [0.717, 1.165) is 59.1 Å². The third-order valence-electron chi connectivity index (χ3n) is 5.06. The monoisotopic (exact) mass is 448 g/mol. The van der Waals surface area contributed by atoms with E-state index in [9.17, 15) is 0 Å². The zero-order valence-corrected chi connectivity index (χ0v) is 19.2. The van der Waals surface area contributed by atoms with Gasteiger partial charge < -0.3 is 16.0 Å². The molecule has 32 heavy (non-hydrogen) atoms. The van der Waals surface area contributed by atoms with Gasteiger partial charge >= 0.3 is 0 Å². The summed E-state index contributed by atoms with van der Waals surface area (Å²) >= 11 is 0. The second-order valence-corrected chi connectivity index (χ2v) is 7.30. The molecule has 1 atom stereocenters. The number of hydrogen-bond donors (Lipinski definition) is 3. The molecule has 0 aliphatic carbocycles. The van der Waals surface area contributed by atoms with E-state index in [4.69, 9.17) is 0 Å². The van der Waals surface area contributed by atoms with Crippen molar-refractivity contribution in [1.29, 1.82) is 0 Å². The van der Waals surface area contributed by atoms with Gasteiger partial charge in [-0.2, -0.15) is 13.5 Å². The molecule has 0 aliphatic rings. The summed E-state index contributed by atoms with van der Waals surface area (Å²) in [4.78, 5) is 22.1. The number of hydrogen-bond acceptors (Lipinski definition) is 8. The van der Waals surface area contributed by atoms with Crippen molar-refractivity contribution >= 4 is 36.2 Å². The van der Waals surface area contributed by atoms with Gasteiger partial charge in [-0.3, -0.25) is 9.97 Å². The van der Waals surface area contributed by atoms with Crippen molar-refractivity contribution in [1.82, 2.24) is 30.2 Å². The normalized spacial score (nSPS) is 11.6. The summed E-state index contributed by atoms with van der Waals surface area (Å²) in [5.74, 6) is 1.86. The molecule has 0 bridgehead atoms. The Morgan fingerprint density at radius 2 is 1.78 bits per heavy atom. The van der Waals surface area contributed by atoms with E-state index in [1.54, 1.807) is 12.5 Å². The molecule has 4 aromatic rings. The van der Waals surface area contributed by atoms with E-state index in [0.29, 0.717) is 0 Å². The van der Waals surface area contributed by atoms with Crippen LogP contribution in [0.25, 0.3) is 22.3 Å². The van der Waals surface area contributed by atoms with Gasteiger partial charge in [-0.25, -0.2) is 15.0 Å². The minimum atomic E-state index is 0. The molecule has 0 radical (unpaired) electrons. The van der Waals surface area contributed by atoms with Crippen LogP contribution in [0.3, 0.4) is 0 Å². The summed E-state index contributed by atoms with van der Waals surface area (Å²) in [6.45, 7) is 4.60. The van der Waals surface area contributed by atoms with Crippen molar-refractivity contribution in [2.45, 2.75) is 12.8 Å². The number of aromatic nitrogens is 5. The fourth-order valence-corrected chi connectivity index (χ4v) is 3.34. The van der Waals surface area contributed by atoms with E-state index in [1.807, 2.05) is 55.8 Å². The van der Waals surface area contributed by atoms with Crippen LogP contribution in [0.4, 0.5) is 11.6 Å². The number of fused-ring (bicyclic) bond motifs is 1. The van der Waals surface area contributed by atoms with Crippen LogP contribution in [0.2, 0.25) is 0 Å². The Hall–Kier alpha value is -3.30. The van der Waals surface area contributed by atoms with Gasteiger partial charge in [-0.15, -0.1) is 0 Å². The SMILES string of the molecule is CNCCNc1ccc(-c2cc(NC[C@@H](C)c3ccnc4cccnc34)ncn2)cn1.S. The average molecular weight is 449 g/mol. The number of anilines is 2. The number of nitrogens with zero attached hydrogens (tertiary/aromatic N) is 5. The van der Waals surface area contributed by atoms with Crippen LogP contribution in [0, 0.1) is 0 Å². The molecule has 8 nitrogen and oxygen atoms in total. The van der Waals surface area contributed by atoms with Crippen LogP contribution in [-0.4, -0.2) is 51.6 Å². The number of pyridine rings is 3. The molecule has 3 N–H and O–H groups in total. The molecule has 166 valence electrons. The van der Waals surface area contributed by atoms with Gasteiger partial charge in [0, 0.05) is 55.8 Å². The minimum Gasteiger partial charge on any atom is -0.369 e. The molecule has 0 aromatic carbocycles. The van der Waals surface area contributed by atoms with Crippen molar-refractivity contribution in [3.8, 4) is 11.3 Å². The highest BCUT2D eigenvalue weighted by Crippen LogP contribution is 2.24. The fourth-order valence-electron chi connectivity index (χ4n) is 3.34. The van der Waals surface area contributed by atoms with Crippen LogP contribution in [0.15, 0.2) is 61.3 Å². The van der Waals surface area contributed by atoms with Crippen molar-refractivity contribution in [3.05, 3.63) is 66.9 Å². The zero-order chi connectivity index (χ0) is 21.5. The first kappa shape index (κ1) is 23.4. The summed E-state index contributed by atoms with van der Waals surface area (Å²) < 4.78 is 0. The van der Waals surface area contributed by atoms with Crippen LogP contribution in [0.5, 0.6) is 0 Å². The maximum Gasteiger partial charge on any atom is 0.129 e. The van der Waals surface area contributed by atoms with Crippen molar-refractivity contribution < 1.29 is 0 Å². The highest BCUT2D eigenvalue weighted by Gasteiger charge is 2.11. The molecular formula is C23H28N8S. The Kier molecular flexibility index (Phi) is 8.29. The van der Waals surface area contributed by atoms with Gasteiger partial charge in [-0.1, -0.05) is 6.92 Å². The first-order valence-electron chi connectivity index (χ1n) is 10.3. The Bertz CT molecular complexity index is 1130. The topological polar surface area (TPSA) is 101 Å². The Labute approximate surface area is 194 Å². The van der Waals surface area contributed by atoms with E-state index >= 15 is 0 Å². The number of rotatable bonds is 9. The molecule has 0 saturated carbocycles. The quantitative estimate of drug-likeness (QED) is 0.335. The van der Waals surface area contributed by atoms with Gasteiger partial charge in [-0.05, 0) is 42.9 Å². The minimum absolute atomic E-state index is 0. The largest absolute Gasteiger partial charge is 0.369 e. The lowest BCUT2D eigenvalue weighted by atomic mass is 10.0. The van der Waals surface area contributed by atoms with Crippen molar-refractivity contribution in [3.63, 3.8) is 0 Å². The van der Waals surface area contributed by atoms with Crippen LogP contribution < -0.4 is 16.0 Å². The smallest absolute Gasteiger partial charge is 0.129 e. The summed E-state index contributed by atoms with van der Waals surface area (Å²) in [5.41, 5.74) is 4.79. The molecule has 0 aliphatic heterocycles. The Balaban J connectivity index is 0.00000289. The molecule has 4 rings (SSSR count). The van der Waals surface area contributed by atoms with Gasteiger partial charge in [0.15, 0.2) is 0 Å². The predicted molar refractivity (Wildman–Crippen MR) is 135 cm³/mol. The van der Waals surface area contributed by atoms with E-state index in [1.165, 1.54) is 0 Å². The molecular weight excluding hydrogens is 420 g/mol. The van der Waals surface area contributed by atoms with Gasteiger partial charge in [0.25, 0.3) is 0 Å². The summed E-state index contributed by atoms with van der Waals surface area (Å²) in [5, 5.41) is 9.79. The average Bonchev–Trinajstić information content (AvgIpc) is 2.83. The lowest BCUT2D eigenvalue weighted by molar-refractivity contribution is 0.804. The first-order chi connectivity index (χ1) is 15.2. The summed E-state index contributed by atoms with van der Waals surface area (Å²) in [7, 11) is 1.93. The maximum absolute atomic E-state index is 4.51. The van der Waals surface area contributed by atoms with Crippen LogP contribution in [-0.2, 0) is 0 Å². The molecule has 9 heteroatoms. The maximum atomic E-state index is 4.51. The lowest BCUT2D eigenvalue weighted by Crippen LogP contribution is -2.18. The molecule has 4 heterocycles. The molecule has 0 saturated heterocycles. The van der Waals surface area contributed by atoms with Crippen LogP contribution >= 0.6 is 13.5 Å². The highest BCUT2D eigenvalue weighted by molar-refractivity contribution is 7.59. The Morgan fingerprint density at radius 3 is 2.59 bits per heavy atom. The zero-order valence-electron chi connectivity index (χ0n) is 18.2. The second kappa shape index (κ2) is 11.4. The molecule has 0 amide bonds.